The third-order valence-electron chi connectivity index (χ3n) is 3.22. The molecule has 22 heavy (non-hydrogen) atoms. The first-order chi connectivity index (χ1) is 10.5. The molecule has 0 saturated heterocycles. The van der Waals surface area contributed by atoms with Crippen LogP contribution < -0.4 is 5.32 Å². The number of ether oxygens (including phenoxy) is 2. The van der Waals surface area contributed by atoms with Crippen LogP contribution in [0.15, 0.2) is 41.7 Å². The minimum absolute atomic E-state index is 0.0800. The summed E-state index contributed by atoms with van der Waals surface area (Å²) in [6, 6.07) is 3.15. The normalized spacial score (nSPS) is 14.5. The Morgan fingerprint density at radius 3 is 2.00 bits per heavy atom. The lowest BCUT2D eigenvalue weighted by Crippen LogP contribution is -2.26. The summed E-state index contributed by atoms with van der Waals surface area (Å²) < 4.78 is 35.9. The smallest absolute Gasteiger partial charge is 0.336 e. The zero-order valence-electron chi connectivity index (χ0n) is 11.9. The van der Waals surface area contributed by atoms with Gasteiger partial charge in [-0.2, -0.15) is 0 Å². The van der Waals surface area contributed by atoms with Gasteiger partial charge < -0.3 is 14.8 Å². The number of halogens is 2. The van der Waals surface area contributed by atoms with Gasteiger partial charge in [-0.1, -0.05) is 6.07 Å². The summed E-state index contributed by atoms with van der Waals surface area (Å²) in [5, 5.41) is 2.65. The van der Waals surface area contributed by atoms with E-state index in [1.54, 1.807) is 0 Å². The Bertz CT molecular complexity index is 650. The molecule has 1 heterocycles. The van der Waals surface area contributed by atoms with Crippen molar-refractivity contribution in [3.8, 4) is 0 Å². The van der Waals surface area contributed by atoms with Crippen molar-refractivity contribution in [3.63, 3.8) is 0 Å². The molecule has 0 aliphatic carbocycles. The zero-order valence-corrected chi connectivity index (χ0v) is 11.9. The summed E-state index contributed by atoms with van der Waals surface area (Å²) in [7, 11) is 2.36. The quantitative estimate of drug-likeness (QED) is 0.862. The largest absolute Gasteiger partial charge is 0.466 e. The van der Waals surface area contributed by atoms with E-state index in [-0.39, 0.29) is 16.7 Å². The number of benzene rings is 1. The summed E-state index contributed by atoms with van der Waals surface area (Å²) in [5.74, 6) is -4.42. The van der Waals surface area contributed by atoms with Gasteiger partial charge in [0.1, 0.15) is 0 Å². The molecule has 0 bridgehead atoms. The molecule has 0 fully saturated rings. The number of carbonyl (C=O) groups excluding carboxylic acids is 2. The van der Waals surface area contributed by atoms with Crippen molar-refractivity contribution >= 4 is 11.9 Å². The Morgan fingerprint density at radius 1 is 1.00 bits per heavy atom. The van der Waals surface area contributed by atoms with E-state index in [0.717, 1.165) is 12.1 Å². The molecule has 1 aliphatic heterocycles. The maximum Gasteiger partial charge on any atom is 0.336 e. The van der Waals surface area contributed by atoms with Crippen LogP contribution in [0.4, 0.5) is 8.78 Å². The standard InChI is InChI=1S/C15H13F2NO4/c1-21-14(19)9-6-18-7-10(15(20)22-2)13(9)8-3-4-11(16)12(17)5-8/h3-7,13,18H,1-2H3. The minimum Gasteiger partial charge on any atom is -0.466 e. The Kier molecular flexibility index (Phi) is 4.55. The molecule has 0 radical (unpaired) electrons. The summed E-state index contributed by atoms with van der Waals surface area (Å²) >= 11 is 0. The number of hydrogen-bond acceptors (Lipinski definition) is 5. The van der Waals surface area contributed by atoms with E-state index in [1.165, 1.54) is 32.7 Å². The van der Waals surface area contributed by atoms with Crippen molar-refractivity contribution in [1.29, 1.82) is 0 Å². The van der Waals surface area contributed by atoms with Gasteiger partial charge in [-0.3, -0.25) is 0 Å². The molecule has 1 aromatic carbocycles. The molecule has 2 rings (SSSR count). The number of nitrogens with one attached hydrogen (secondary N) is 1. The van der Waals surface area contributed by atoms with Crippen LogP contribution in [0.25, 0.3) is 0 Å². The first-order valence-electron chi connectivity index (χ1n) is 6.27. The highest BCUT2D eigenvalue weighted by Gasteiger charge is 2.33. The number of esters is 2. The molecule has 0 spiro atoms. The van der Waals surface area contributed by atoms with Crippen LogP contribution >= 0.6 is 0 Å². The van der Waals surface area contributed by atoms with Crippen LogP contribution in [0, 0.1) is 11.6 Å². The van der Waals surface area contributed by atoms with Crippen LogP contribution in [0.1, 0.15) is 11.5 Å². The van der Waals surface area contributed by atoms with Gasteiger partial charge in [0.2, 0.25) is 0 Å². The Balaban J connectivity index is 2.54. The molecule has 1 aromatic rings. The Morgan fingerprint density at radius 2 is 1.55 bits per heavy atom. The minimum atomic E-state index is -1.08. The highest BCUT2D eigenvalue weighted by Crippen LogP contribution is 2.35. The van der Waals surface area contributed by atoms with Crippen LogP contribution in [0.2, 0.25) is 0 Å². The maximum atomic E-state index is 13.5. The third kappa shape index (κ3) is 2.83. The summed E-state index contributed by atoms with van der Waals surface area (Å²) in [4.78, 5) is 23.8. The van der Waals surface area contributed by atoms with Gasteiger partial charge in [0.05, 0.1) is 31.3 Å². The highest BCUT2D eigenvalue weighted by molar-refractivity contribution is 5.98. The molecule has 7 heteroatoms. The van der Waals surface area contributed by atoms with E-state index < -0.39 is 29.5 Å². The molecule has 0 amide bonds. The van der Waals surface area contributed by atoms with Crippen molar-refractivity contribution in [2.45, 2.75) is 5.92 Å². The fraction of sp³-hybridized carbons (Fsp3) is 0.200. The van der Waals surface area contributed by atoms with E-state index >= 15 is 0 Å². The molecule has 116 valence electrons. The summed E-state index contributed by atoms with van der Waals surface area (Å²) in [5.41, 5.74) is 0.390. The Labute approximate surface area is 125 Å². The number of dihydropyridines is 1. The van der Waals surface area contributed by atoms with Gasteiger partial charge in [0.25, 0.3) is 0 Å². The van der Waals surface area contributed by atoms with Crippen molar-refractivity contribution in [2.75, 3.05) is 14.2 Å². The fourth-order valence-corrected chi connectivity index (χ4v) is 2.20. The fourth-order valence-electron chi connectivity index (χ4n) is 2.20. The topological polar surface area (TPSA) is 64.6 Å². The lowest BCUT2D eigenvalue weighted by Gasteiger charge is -2.24. The van der Waals surface area contributed by atoms with Crippen molar-refractivity contribution in [2.24, 2.45) is 0 Å². The van der Waals surface area contributed by atoms with Gasteiger partial charge in [-0.25, -0.2) is 18.4 Å². The first kappa shape index (κ1) is 15.7. The molecule has 1 aliphatic rings. The molecule has 0 unspecified atom stereocenters. The third-order valence-corrected chi connectivity index (χ3v) is 3.22. The molecule has 5 nitrogen and oxygen atoms in total. The predicted octanol–water partition coefficient (Wildman–Crippen LogP) is 1.77. The van der Waals surface area contributed by atoms with Gasteiger partial charge in [-0.15, -0.1) is 0 Å². The number of methoxy groups -OCH3 is 2. The van der Waals surface area contributed by atoms with E-state index in [9.17, 15) is 18.4 Å². The number of carbonyl (C=O) groups is 2. The lowest BCUT2D eigenvalue weighted by atomic mass is 9.83. The van der Waals surface area contributed by atoms with E-state index in [4.69, 9.17) is 0 Å². The second kappa shape index (κ2) is 6.38. The van der Waals surface area contributed by atoms with Crippen molar-refractivity contribution < 1.29 is 27.8 Å². The van der Waals surface area contributed by atoms with E-state index in [1.807, 2.05) is 0 Å². The molecule has 0 atom stereocenters. The molecular formula is C15H13F2NO4. The lowest BCUT2D eigenvalue weighted by molar-refractivity contribution is -0.137. The van der Waals surface area contributed by atoms with Gasteiger partial charge in [0, 0.05) is 12.4 Å². The zero-order chi connectivity index (χ0) is 16.3. The average Bonchev–Trinajstić information content (AvgIpc) is 2.55. The SMILES string of the molecule is COC(=O)C1=CNC=C(C(=O)OC)C1c1ccc(F)c(F)c1. The first-order valence-corrected chi connectivity index (χ1v) is 6.27. The monoisotopic (exact) mass is 309 g/mol. The second-order valence-electron chi connectivity index (χ2n) is 4.46. The molecular weight excluding hydrogens is 296 g/mol. The summed E-state index contributed by atoms with van der Waals surface area (Å²) in [6.45, 7) is 0. The molecule has 0 saturated carbocycles. The molecule has 0 aromatic heterocycles. The highest BCUT2D eigenvalue weighted by atomic mass is 19.2. The maximum absolute atomic E-state index is 13.5. The van der Waals surface area contributed by atoms with Crippen LogP contribution in [-0.4, -0.2) is 26.2 Å². The number of rotatable bonds is 3. The predicted molar refractivity (Wildman–Crippen MR) is 72.4 cm³/mol. The Hall–Kier alpha value is -2.70. The van der Waals surface area contributed by atoms with Crippen LogP contribution in [0.3, 0.4) is 0 Å². The second-order valence-corrected chi connectivity index (χ2v) is 4.46. The van der Waals surface area contributed by atoms with Gasteiger partial charge >= 0.3 is 11.9 Å². The summed E-state index contributed by atoms with van der Waals surface area (Å²) in [6.07, 6.45) is 2.68. The molecule has 1 N–H and O–H groups in total. The van der Waals surface area contributed by atoms with Crippen LogP contribution in [-0.2, 0) is 19.1 Å². The van der Waals surface area contributed by atoms with Gasteiger partial charge in [0.15, 0.2) is 11.6 Å². The van der Waals surface area contributed by atoms with Gasteiger partial charge in [-0.05, 0) is 17.7 Å². The van der Waals surface area contributed by atoms with E-state index in [0.29, 0.717) is 0 Å². The average molecular weight is 309 g/mol. The van der Waals surface area contributed by atoms with Crippen molar-refractivity contribution in [3.05, 3.63) is 58.9 Å². The van der Waals surface area contributed by atoms with E-state index in [2.05, 4.69) is 14.8 Å². The number of hydrogen-bond donors (Lipinski definition) is 1. The van der Waals surface area contributed by atoms with Crippen LogP contribution in [0.5, 0.6) is 0 Å². The van der Waals surface area contributed by atoms with Crippen molar-refractivity contribution in [1.82, 2.24) is 5.32 Å².